The lowest BCUT2D eigenvalue weighted by atomic mass is 9.74. The van der Waals surface area contributed by atoms with Crippen LogP contribution in [0.3, 0.4) is 0 Å². The van der Waals surface area contributed by atoms with E-state index in [1.165, 1.54) is 20.8 Å². The molecular weight excluding hydrogens is 256 g/mol. The predicted octanol–water partition coefficient (Wildman–Crippen LogP) is 3.20. The summed E-state index contributed by atoms with van der Waals surface area (Å²) in [5.74, 6) is 0.653. The molecule has 1 N–H and O–H groups in total. The Balaban J connectivity index is -0.000000246. The lowest BCUT2D eigenvalue weighted by Gasteiger charge is -2.34. The van der Waals surface area contributed by atoms with E-state index in [0.29, 0.717) is 0 Å². The summed E-state index contributed by atoms with van der Waals surface area (Å²) in [6.45, 7) is 16.7. The van der Waals surface area contributed by atoms with Crippen LogP contribution in [0.15, 0.2) is 0 Å². The van der Waals surface area contributed by atoms with Gasteiger partial charge < -0.3 is 9.90 Å². The van der Waals surface area contributed by atoms with Gasteiger partial charge in [-0.25, -0.2) is 0 Å². The standard InChI is InChI=1S/C8H16O2.C5H10O.C3H6O/c1-6(9)7(2,3)8(4,5)10;1-4(2)5(3)6;1-3(2)4/h10H,1-5H3;4H,1-3H3;1-2H3. The third-order valence-electron chi connectivity index (χ3n) is 3.22. The van der Waals surface area contributed by atoms with Gasteiger partial charge in [-0.2, -0.15) is 0 Å². The molecule has 0 saturated carbocycles. The number of aliphatic hydroxyl groups is 1. The third kappa shape index (κ3) is 13.4. The smallest absolute Gasteiger partial charge is 0.138 e. The Bertz CT molecular complexity index is 316. The number of ketones is 3. The molecule has 0 unspecified atom stereocenters. The average Bonchev–Trinajstić information content (AvgIpc) is 2.15. The number of carbonyl (C=O) groups is 3. The van der Waals surface area contributed by atoms with Gasteiger partial charge in [0.25, 0.3) is 0 Å². The minimum absolute atomic E-state index is 0.0139. The molecule has 0 aromatic carbocycles. The molecule has 0 amide bonds. The fourth-order valence-electron chi connectivity index (χ4n) is 0.431. The highest BCUT2D eigenvalue weighted by atomic mass is 16.3. The van der Waals surface area contributed by atoms with Gasteiger partial charge >= 0.3 is 0 Å². The second-order valence-corrected chi connectivity index (χ2v) is 6.41. The van der Waals surface area contributed by atoms with Crippen molar-refractivity contribution in [3.05, 3.63) is 0 Å². The van der Waals surface area contributed by atoms with Crippen molar-refractivity contribution in [2.24, 2.45) is 11.3 Å². The van der Waals surface area contributed by atoms with Crippen LogP contribution in [0, 0.1) is 11.3 Å². The van der Waals surface area contributed by atoms with E-state index in [4.69, 9.17) is 0 Å². The van der Waals surface area contributed by atoms with Gasteiger partial charge in [0.15, 0.2) is 0 Å². The van der Waals surface area contributed by atoms with Crippen molar-refractivity contribution in [3.8, 4) is 0 Å². The molecule has 120 valence electrons. The van der Waals surface area contributed by atoms with Crippen LogP contribution in [0.2, 0.25) is 0 Å². The van der Waals surface area contributed by atoms with Gasteiger partial charge in [0.1, 0.15) is 17.3 Å². The Morgan fingerprint density at radius 1 is 0.850 bits per heavy atom. The summed E-state index contributed by atoms with van der Waals surface area (Å²) in [6.07, 6.45) is 0. The van der Waals surface area contributed by atoms with Crippen LogP contribution in [-0.4, -0.2) is 28.1 Å². The molecular formula is C16H32O4. The van der Waals surface area contributed by atoms with Crippen LogP contribution in [0.5, 0.6) is 0 Å². The van der Waals surface area contributed by atoms with Gasteiger partial charge in [-0.3, -0.25) is 9.59 Å². The van der Waals surface area contributed by atoms with Gasteiger partial charge in [-0.05, 0) is 41.5 Å². The Hall–Kier alpha value is -1.03. The molecule has 0 aromatic heterocycles. The van der Waals surface area contributed by atoms with Crippen LogP contribution in [0.1, 0.15) is 69.2 Å². The molecule has 4 heteroatoms. The molecule has 0 aliphatic rings. The van der Waals surface area contributed by atoms with E-state index in [-0.39, 0.29) is 23.3 Å². The molecule has 0 aliphatic heterocycles. The summed E-state index contributed by atoms with van der Waals surface area (Å²) >= 11 is 0. The van der Waals surface area contributed by atoms with E-state index < -0.39 is 11.0 Å². The summed E-state index contributed by atoms with van der Waals surface area (Å²) in [5.41, 5.74) is -1.58. The lowest BCUT2D eigenvalue weighted by molar-refractivity contribution is -0.137. The molecule has 0 bridgehead atoms. The van der Waals surface area contributed by atoms with Crippen molar-refractivity contribution in [1.82, 2.24) is 0 Å². The van der Waals surface area contributed by atoms with E-state index in [1.54, 1.807) is 34.6 Å². The second-order valence-electron chi connectivity index (χ2n) is 6.41. The zero-order valence-corrected chi connectivity index (χ0v) is 14.7. The maximum Gasteiger partial charge on any atom is 0.138 e. The number of hydrogen-bond donors (Lipinski definition) is 1. The summed E-state index contributed by atoms with van der Waals surface area (Å²) < 4.78 is 0. The number of rotatable bonds is 3. The molecule has 0 saturated heterocycles. The summed E-state index contributed by atoms with van der Waals surface area (Å²) in [7, 11) is 0. The molecule has 4 nitrogen and oxygen atoms in total. The van der Waals surface area contributed by atoms with E-state index >= 15 is 0 Å². The van der Waals surface area contributed by atoms with Crippen molar-refractivity contribution in [2.45, 2.75) is 74.8 Å². The van der Waals surface area contributed by atoms with Gasteiger partial charge in [0.05, 0.1) is 11.0 Å². The van der Waals surface area contributed by atoms with Gasteiger partial charge in [0.2, 0.25) is 0 Å². The SMILES string of the molecule is CC(=O)C(C)(C)C(C)(C)O.CC(=O)C(C)C.CC(C)=O. The lowest BCUT2D eigenvalue weighted by Crippen LogP contribution is -2.43. The number of Topliss-reactive ketones (excluding diaryl/α,β-unsaturated/α-hetero) is 3. The predicted molar refractivity (Wildman–Crippen MR) is 82.6 cm³/mol. The van der Waals surface area contributed by atoms with Gasteiger partial charge in [-0.1, -0.05) is 27.7 Å². The first-order valence-electron chi connectivity index (χ1n) is 6.78. The first-order valence-corrected chi connectivity index (χ1v) is 6.78. The van der Waals surface area contributed by atoms with Crippen LogP contribution in [0.4, 0.5) is 0 Å². The second kappa shape index (κ2) is 9.81. The minimum Gasteiger partial charge on any atom is -0.389 e. The molecule has 0 fully saturated rings. The topological polar surface area (TPSA) is 71.4 Å². The van der Waals surface area contributed by atoms with Crippen LogP contribution < -0.4 is 0 Å². The van der Waals surface area contributed by atoms with Crippen LogP contribution in [-0.2, 0) is 14.4 Å². The highest BCUT2D eigenvalue weighted by molar-refractivity contribution is 5.82. The molecule has 0 heterocycles. The number of hydrogen-bond acceptors (Lipinski definition) is 4. The van der Waals surface area contributed by atoms with Gasteiger partial charge in [-0.15, -0.1) is 0 Å². The quantitative estimate of drug-likeness (QED) is 0.865. The van der Waals surface area contributed by atoms with E-state index in [1.807, 2.05) is 13.8 Å². The van der Waals surface area contributed by atoms with Crippen molar-refractivity contribution in [2.75, 3.05) is 0 Å². The first kappa shape index (κ1) is 24.0. The Morgan fingerprint density at radius 2 is 1.05 bits per heavy atom. The molecule has 0 aliphatic carbocycles. The van der Waals surface area contributed by atoms with E-state index in [0.717, 1.165) is 0 Å². The van der Waals surface area contributed by atoms with Crippen LogP contribution in [0.25, 0.3) is 0 Å². The molecule has 0 radical (unpaired) electrons. The summed E-state index contributed by atoms with van der Waals surface area (Å²) in [5, 5.41) is 9.50. The fourth-order valence-corrected chi connectivity index (χ4v) is 0.431. The van der Waals surface area contributed by atoms with Crippen molar-refractivity contribution >= 4 is 17.3 Å². The number of carbonyl (C=O) groups excluding carboxylic acids is 3. The Kier molecular flexibility index (Phi) is 11.8. The molecule has 0 aromatic rings. The zero-order valence-electron chi connectivity index (χ0n) is 14.7. The van der Waals surface area contributed by atoms with Crippen molar-refractivity contribution in [1.29, 1.82) is 0 Å². The fraction of sp³-hybridized carbons (Fsp3) is 0.812. The largest absolute Gasteiger partial charge is 0.389 e. The molecule has 0 spiro atoms. The maximum absolute atomic E-state index is 11.0. The average molecular weight is 288 g/mol. The van der Waals surface area contributed by atoms with E-state index in [9.17, 15) is 19.5 Å². The van der Waals surface area contributed by atoms with Crippen molar-refractivity contribution in [3.63, 3.8) is 0 Å². The Labute approximate surface area is 124 Å². The summed E-state index contributed by atoms with van der Waals surface area (Å²) in [6, 6.07) is 0. The molecule has 20 heavy (non-hydrogen) atoms. The Morgan fingerprint density at radius 3 is 1.05 bits per heavy atom. The monoisotopic (exact) mass is 288 g/mol. The zero-order chi connectivity index (χ0) is 17.3. The maximum atomic E-state index is 11.0. The summed E-state index contributed by atoms with van der Waals surface area (Å²) in [4.78, 5) is 30.5. The first-order chi connectivity index (χ1) is 8.57. The van der Waals surface area contributed by atoms with E-state index in [2.05, 4.69) is 0 Å². The van der Waals surface area contributed by atoms with Gasteiger partial charge in [0, 0.05) is 5.92 Å². The third-order valence-corrected chi connectivity index (χ3v) is 3.22. The van der Waals surface area contributed by atoms with Crippen molar-refractivity contribution < 1.29 is 19.5 Å². The van der Waals surface area contributed by atoms with Crippen LogP contribution >= 0.6 is 0 Å². The minimum atomic E-state index is -0.932. The molecule has 0 rings (SSSR count). The molecule has 0 atom stereocenters. The highest BCUT2D eigenvalue weighted by Gasteiger charge is 2.38. The highest BCUT2D eigenvalue weighted by Crippen LogP contribution is 2.30. The normalized spacial score (nSPS) is 10.8.